The summed E-state index contributed by atoms with van der Waals surface area (Å²) in [5, 5.41) is 11.7. The number of aliphatic hydroxyl groups is 1. The van der Waals surface area contributed by atoms with Crippen LogP contribution < -0.4 is 10.2 Å². The molecule has 0 saturated carbocycles. The molecule has 3 aromatic rings. The summed E-state index contributed by atoms with van der Waals surface area (Å²) in [4.78, 5) is 1.97. The molecule has 0 saturated heterocycles. The van der Waals surface area contributed by atoms with Gasteiger partial charge in [0, 0.05) is 25.1 Å². The van der Waals surface area contributed by atoms with Crippen LogP contribution in [-0.4, -0.2) is 19.2 Å². The van der Waals surface area contributed by atoms with Gasteiger partial charge < -0.3 is 14.5 Å². The predicted molar refractivity (Wildman–Crippen MR) is 125 cm³/mol. The van der Waals surface area contributed by atoms with Crippen molar-refractivity contribution in [3.05, 3.63) is 95.6 Å². The molecule has 0 heterocycles. The number of aliphatic hydroxyl groups excluding tert-OH is 1. The molecule has 3 aromatic carbocycles. The van der Waals surface area contributed by atoms with E-state index in [1.807, 2.05) is 85.7 Å². The summed E-state index contributed by atoms with van der Waals surface area (Å²) in [6, 6.07) is 24.6. The van der Waals surface area contributed by atoms with Crippen molar-refractivity contribution in [2.45, 2.75) is 32.2 Å². The summed E-state index contributed by atoms with van der Waals surface area (Å²) in [5.41, 5.74) is 3.66. The lowest BCUT2D eigenvalue weighted by atomic mass is 10.0. The topological polar surface area (TPSA) is 49.8 Å². The Labute approximate surface area is 179 Å². The monoisotopic (exact) mass is 423 g/mol. The Hall–Kier alpha value is -2.39. The van der Waals surface area contributed by atoms with Gasteiger partial charge in [-0.05, 0) is 46.9 Å². The van der Waals surface area contributed by atoms with Crippen molar-refractivity contribution in [3.8, 4) is 0 Å². The van der Waals surface area contributed by atoms with E-state index in [9.17, 15) is 9.67 Å². The molecule has 0 aliphatic carbocycles. The van der Waals surface area contributed by atoms with Gasteiger partial charge in [0.25, 0.3) is 7.37 Å². The van der Waals surface area contributed by atoms with E-state index in [0.29, 0.717) is 16.8 Å². The lowest BCUT2D eigenvalue weighted by molar-refractivity contribution is 0.210. The number of benzene rings is 3. The maximum absolute atomic E-state index is 14.1. The first-order valence-corrected chi connectivity index (χ1v) is 11.8. The van der Waals surface area contributed by atoms with Crippen molar-refractivity contribution in [1.82, 2.24) is 0 Å². The van der Waals surface area contributed by atoms with Gasteiger partial charge in [-0.1, -0.05) is 68.4 Å². The van der Waals surface area contributed by atoms with Crippen LogP contribution in [0.4, 0.5) is 5.69 Å². The summed E-state index contributed by atoms with van der Waals surface area (Å²) in [7, 11) is 0.298. The van der Waals surface area contributed by atoms with E-state index in [2.05, 4.69) is 13.8 Å². The minimum absolute atomic E-state index is 0.161. The second kappa shape index (κ2) is 9.61. The fourth-order valence-electron chi connectivity index (χ4n) is 3.24. The van der Waals surface area contributed by atoms with Crippen molar-refractivity contribution in [2.24, 2.45) is 0 Å². The van der Waals surface area contributed by atoms with E-state index in [1.165, 1.54) is 5.56 Å². The molecule has 5 heteroatoms. The highest BCUT2D eigenvalue weighted by molar-refractivity contribution is 7.67. The summed E-state index contributed by atoms with van der Waals surface area (Å²) >= 11 is 0. The Balaban J connectivity index is 1.96. The molecular formula is C25H30NO3P. The Kier molecular flexibility index (Phi) is 7.14. The number of hydrogen-bond donors (Lipinski definition) is 1. The van der Waals surface area contributed by atoms with Gasteiger partial charge >= 0.3 is 0 Å². The fourth-order valence-corrected chi connectivity index (χ4v) is 5.28. The number of anilines is 1. The largest absolute Gasteiger partial charge is 0.378 e. The quantitative estimate of drug-likeness (QED) is 0.473. The van der Waals surface area contributed by atoms with E-state index >= 15 is 0 Å². The molecule has 2 atom stereocenters. The normalized spacial score (nSPS) is 14.3. The lowest BCUT2D eigenvalue weighted by Crippen LogP contribution is -2.16. The predicted octanol–water partition coefficient (Wildman–Crippen LogP) is 5.69. The highest BCUT2D eigenvalue weighted by atomic mass is 31.2. The van der Waals surface area contributed by atoms with Crippen molar-refractivity contribution < 1.29 is 14.2 Å². The zero-order valence-corrected chi connectivity index (χ0v) is 18.9. The number of rotatable bonds is 8. The Morgan fingerprint density at radius 1 is 0.867 bits per heavy atom. The van der Waals surface area contributed by atoms with Crippen LogP contribution in [0.2, 0.25) is 0 Å². The van der Waals surface area contributed by atoms with Crippen LogP contribution in [0.1, 0.15) is 42.3 Å². The van der Waals surface area contributed by atoms with Crippen molar-refractivity contribution in [2.75, 3.05) is 19.0 Å². The first-order chi connectivity index (χ1) is 14.3. The minimum Gasteiger partial charge on any atom is -0.378 e. The molecule has 158 valence electrons. The standard InChI is InChI=1S/C25H30NO3P/c1-19(2)21-10-12-22(13-11-21)25(27)30(28,29-18-20-8-6-5-7-9-20)24-16-14-23(15-17-24)26(3)4/h5-17,19,25,27H,18H2,1-4H3/t25-,30+/m0/s1. The van der Waals surface area contributed by atoms with Crippen molar-refractivity contribution in [3.63, 3.8) is 0 Å². The first kappa shape index (κ1) is 22.3. The van der Waals surface area contributed by atoms with Gasteiger partial charge in [-0.15, -0.1) is 0 Å². The maximum Gasteiger partial charge on any atom is 0.264 e. The zero-order chi connectivity index (χ0) is 21.7. The zero-order valence-electron chi connectivity index (χ0n) is 18.0. The number of hydrogen-bond acceptors (Lipinski definition) is 4. The smallest absolute Gasteiger partial charge is 0.264 e. The molecular weight excluding hydrogens is 393 g/mol. The van der Waals surface area contributed by atoms with Gasteiger partial charge in [-0.25, -0.2) is 0 Å². The molecule has 0 aromatic heterocycles. The highest BCUT2D eigenvalue weighted by Crippen LogP contribution is 2.58. The van der Waals surface area contributed by atoms with Crippen LogP contribution in [0.25, 0.3) is 0 Å². The van der Waals surface area contributed by atoms with E-state index in [-0.39, 0.29) is 6.61 Å². The van der Waals surface area contributed by atoms with Crippen molar-refractivity contribution >= 4 is 18.4 Å². The summed E-state index contributed by atoms with van der Waals surface area (Å²) in [6.07, 6.45) is 0. The van der Waals surface area contributed by atoms with Crippen molar-refractivity contribution in [1.29, 1.82) is 0 Å². The molecule has 0 fully saturated rings. The van der Waals surface area contributed by atoms with Crippen LogP contribution in [0.15, 0.2) is 78.9 Å². The second-order valence-electron chi connectivity index (χ2n) is 7.96. The summed E-state index contributed by atoms with van der Waals surface area (Å²) in [5.74, 6) is -0.858. The molecule has 3 rings (SSSR count). The molecule has 4 nitrogen and oxygen atoms in total. The van der Waals surface area contributed by atoms with Crippen LogP contribution in [0, 0.1) is 0 Å². The summed E-state index contributed by atoms with van der Waals surface area (Å²) in [6.45, 7) is 4.39. The molecule has 30 heavy (non-hydrogen) atoms. The molecule has 0 radical (unpaired) electrons. The van der Waals surface area contributed by atoms with E-state index in [4.69, 9.17) is 4.52 Å². The van der Waals surface area contributed by atoms with Crippen LogP contribution in [0.5, 0.6) is 0 Å². The third-order valence-electron chi connectivity index (χ3n) is 5.22. The van der Waals surface area contributed by atoms with E-state index < -0.39 is 13.2 Å². The van der Waals surface area contributed by atoms with Gasteiger partial charge in [-0.3, -0.25) is 4.57 Å². The molecule has 1 N–H and O–H groups in total. The van der Waals surface area contributed by atoms with E-state index in [1.54, 1.807) is 12.1 Å². The van der Waals surface area contributed by atoms with Gasteiger partial charge in [0.1, 0.15) is 0 Å². The third-order valence-corrected chi connectivity index (χ3v) is 7.69. The Morgan fingerprint density at radius 3 is 1.97 bits per heavy atom. The van der Waals surface area contributed by atoms with Crippen LogP contribution in [-0.2, 0) is 15.7 Å². The summed E-state index contributed by atoms with van der Waals surface area (Å²) < 4.78 is 20.1. The second-order valence-corrected chi connectivity index (χ2v) is 10.4. The highest BCUT2D eigenvalue weighted by Gasteiger charge is 2.36. The van der Waals surface area contributed by atoms with Gasteiger partial charge in [0.05, 0.1) is 6.61 Å². The maximum atomic E-state index is 14.1. The third kappa shape index (κ3) is 5.02. The molecule has 0 unspecified atom stereocenters. The Morgan fingerprint density at radius 2 is 1.43 bits per heavy atom. The van der Waals surface area contributed by atoms with Crippen LogP contribution >= 0.6 is 7.37 Å². The lowest BCUT2D eigenvalue weighted by Gasteiger charge is -2.25. The minimum atomic E-state index is -3.60. The Bertz CT molecular complexity index is 983. The molecule has 0 spiro atoms. The number of nitrogens with zero attached hydrogens (tertiary/aromatic N) is 1. The average molecular weight is 423 g/mol. The molecule has 0 aliphatic rings. The first-order valence-electron chi connectivity index (χ1n) is 10.2. The molecule has 0 amide bonds. The van der Waals surface area contributed by atoms with E-state index in [0.717, 1.165) is 11.3 Å². The van der Waals surface area contributed by atoms with Gasteiger partial charge in [-0.2, -0.15) is 0 Å². The fraction of sp³-hybridized carbons (Fsp3) is 0.280. The van der Waals surface area contributed by atoms with Crippen LogP contribution in [0.3, 0.4) is 0 Å². The SMILES string of the molecule is CC(C)c1ccc([C@@H](O)[P@](=O)(OCc2ccccc2)c2ccc(N(C)C)cc2)cc1. The average Bonchev–Trinajstić information content (AvgIpc) is 2.77. The molecule has 0 bridgehead atoms. The molecule has 0 aliphatic heterocycles. The van der Waals surface area contributed by atoms with Gasteiger partial charge in [0.2, 0.25) is 0 Å². The van der Waals surface area contributed by atoms with Gasteiger partial charge in [0.15, 0.2) is 5.85 Å².